The van der Waals surface area contributed by atoms with E-state index in [1.54, 1.807) is 4.90 Å². The van der Waals surface area contributed by atoms with E-state index in [0.717, 1.165) is 12.8 Å². The number of rotatable bonds is 3. The minimum absolute atomic E-state index is 0.00606. The predicted molar refractivity (Wildman–Crippen MR) is 76.7 cm³/mol. The molecular weight excluding hydrogens is 348 g/mol. The molecule has 1 unspecified atom stereocenters. The number of amides is 1. The van der Waals surface area contributed by atoms with Crippen molar-refractivity contribution in [2.45, 2.75) is 37.6 Å². The summed E-state index contributed by atoms with van der Waals surface area (Å²) in [5.41, 5.74) is 0. The molecule has 8 heteroatoms. The summed E-state index contributed by atoms with van der Waals surface area (Å²) in [4.78, 5) is 14.0. The van der Waals surface area contributed by atoms with Gasteiger partial charge in [-0.1, -0.05) is 13.8 Å². The molecule has 1 aliphatic rings. The molecule has 0 radical (unpaired) electrons. The highest BCUT2D eigenvalue weighted by atomic mass is 79.9. The number of likely N-dealkylation sites (tertiary alicyclic amines) is 1. The van der Waals surface area contributed by atoms with Crippen molar-refractivity contribution in [3.8, 4) is 0 Å². The number of hydrogen-bond acceptors (Lipinski definition) is 4. The van der Waals surface area contributed by atoms with Gasteiger partial charge in [0.2, 0.25) is 10.0 Å². The van der Waals surface area contributed by atoms with Crippen molar-refractivity contribution >= 4 is 31.9 Å². The van der Waals surface area contributed by atoms with Crippen LogP contribution >= 0.6 is 15.9 Å². The van der Waals surface area contributed by atoms with Crippen LogP contribution in [0.4, 0.5) is 0 Å². The first-order chi connectivity index (χ1) is 9.21. The summed E-state index contributed by atoms with van der Waals surface area (Å²) in [5, 5.41) is 5.06. The fourth-order valence-corrected chi connectivity index (χ4v) is 4.03. The Morgan fingerprint density at radius 1 is 1.55 bits per heavy atom. The minimum Gasteiger partial charge on any atom is -0.443 e. The second-order valence-corrected chi connectivity index (χ2v) is 7.50. The normalized spacial score (nSPS) is 19.9. The number of nitrogens with zero attached hydrogens (tertiary/aromatic N) is 1. The fraction of sp³-hybridized carbons (Fsp3) is 0.583. The number of carbonyl (C=O) groups excluding carboxylic acids is 1. The Labute approximate surface area is 126 Å². The molecule has 1 aromatic heterocycles. The van der Waals surface area contributed by atoms with E-state index in [1.165, 1.54) is 6.07 Å². The van der Waals surface area contributed by atoms with Gasteiger partial charge in [0.1, 0.15) is 4.90 Å². The average Bonchev–Trinajstić information content (AvgIpc) is 2.92. The highest BCUT2D eigenvalue weighted by Gasteiger charge is 2.34. The van der Waals surface area contributed by atoms with Crippen LogP contribution in [0, 0.1) is 5.92 Å². The fourth-order valence-electron chi connectivity index (χ4n) is 2.53. The first kappa shape index (κ1) is 15.5. The highest BCUT2D eigenvalue weighted by molar-refractivity contribution is 9.10. The number of hydrogen-bond donors (Lipinski definition) is 1. The van der Waals surface area contributed by atoms with Crippen LogP contribution in [0.5, 0.6) is 0 Å². The molecule has 20 heavy (non-hydrogen) atoms. The molecule has 2 rings (SSSR count). The van der Waals surface area contributed by atoms with Crippen LogP contribution in [0.2, 0.25) is 0 Å². The molecule has 0 saturated carbocycles. The summed E-state index contributed by atoms with van der Waals surface area (Å²) in [6.45, 7) is 4.78. The molecule has 1 saturated heterocycles. The molecule has 1 fully saturated rings. The Hall–Kier alpha value is -0.860. The van der Waals surface area contributed by atoms with Gasteiger partial charge >= 0.3 is 0 Å². The summed E-state index contributed by atoms with van der Waals surface area (Å²) in [5.74, 6) is 0.0443. The van der Waals surface area contributed by atoms with Gasteiger partial charge in [-0.05, 0) is 34.7 Å². The van der Waals surface area contributed by atoms with Gasteiger partial charge in [0.15, 0.2) is 10.4 Å². The summed E-state index contributed by atoms with van der Waals surface area (Å²) < 4.78 is 27.9. The van der Waals surface area contributed by atoms with Crippen molar-refractivity contribution in [1.82, 2.24) is 4.90 Å². The molecular formula is C12H17BrN2O4S. The van der Waals surface area contributed by atoms with E-state index in [2.05, 4.69) is 29.8 Å². The van der Waals surface area contributed by atoms with Crippen LogP contribution in [0.15, 0.2) is 20.0 Å². The van der Waals surface area contributed by atoms with E-state index in [4.69, 9.17) is 9.56 Å². The second kappa shape index (κ2) is 5.50. The summed E-state index contributed by atoms with van der Waals surface area (Å²) in [6.07, 6.45) is 1.89. The lowest BCUT2D eigenvalue weighted by Crippen LogP contribution is -2.38. The first-order valence-corrected chi connectivity index (χ1v) is 8.69. The van der Waals surface area contributed by atoms with Crippen LogP contribution in [-0.4, -0.2) is 31.8 Å². The quantitative estimate of drug-likeness (QED) is 0.886. The Kier molecular flexibility index (Phi) is 4.27. The largest absolute Gasteiger partial charge is 0.443 e. The number of halogens is 1. The smallest absolute Gasteiger partial charge is 0.289 e. The van der Waals surface area contributed by atoms with Gasteiger partial charge in [-0.25, -0.2) is 13.6 Å². The number of carbonyl (C=O) groups is 1. The molecule has 2 N–H and O–H groups in total. The number of sulfonamides is 1. The van der Waals surface area contributed by atoms with Crippen LogP contribution in [0.1, 0.15) is 37.2 Å². The molecule has 0 bridgehead atoms. The van der Waals surface area contributed by atoms with Gasteiger partial charge in [-0.15, -0.1) is 0 Å². The number of primary sulfonamides is 1. The van der Waals surface area contributed by atoms with E-state index < -0.39 is 10.0 Å². The van der Waals surface area contributed by atoms with Gasteiger partial charge in [-0.3, -0.25) is 4.79 Å². The summed E-state index contributed by atoms with van der Waals surface area (Å²) in [7, 11) is -3.91. The van der Waals surface area contributed by atoms with E-state index in [-0.39, 0.29) is 27.3 Å². The van der Waals surface area contributed by atoms with Crippen molar-refractivity contribution < 1.29 is 17.6 Å². The molecule has 1 aromatic rings. The third-order valence-corrected chi connectivity index (χ3v) is 5.27. The molecule has 0 spiro atoms. The third kappa shape index (κ3) is 2.91. The number of furan rings is 1. The third-order valence-electron chi connectivity index (χ3n) is 3.50. The zero-order valence-corrected chi connectivity index (χ0v) is 13.7. The molecule has 6 nitrogen and oxygen atoms in total. The molecule has 112 valence electrons. The molecule has 1 amide bonds. The highest BCUT2D eigenvalue weighted by Crippen LogP contribution is 2.29. The monoisotopic (exact) mass is 364 g/mol. The van der Waals surface area contributed by atoms with E-state index in [9.17, 15) is 13.2 Å². The number of nitrogens with two attached hydrogens (primary N) is 1. The van der Waals surface area contributed by atoms with Crippen molar-refractivity contribution in [2.24, 2.45) is 11.1 Å². The predicted octanol–water partition coefficient (Wildman–Crippen LogP) is 1.95. The lowest BCUT2D eigenvalue weighted by Gasteiger charge is -2.26. The van der Waals surface area contributed by atoms with Gasteiger partial charge in [0.05, 0.1) is 0 Å². The van der Waals surface area contributed by atoms with Crippen molar-refractivity contribution in [2.75, 3.05) is 6.54 Å². The Balaban J connectivity index is 2.31. The van der Waals surface area contributed by atoms with Crippen molar-refractivity contribution in [3.05, 3.63) is 16.5 Å². The minimum atomic E-state index is -3.91. The molecule has 1 atom stereocenters. The molecule has 1 aliphatic heterocycles. The van der Waals surface area contributed by atoms with Gasteiger partial charge in [0.25, 0.3) is 5.91 Å². The Morgan fingerprint density at radius 3 is 2.70 bits per heavy atom. The van der Waals surface area contributed by atoms with Crippen LogP contribution in [0.3, 0.4) is 0 Å². The van der Waals surface area contributed by atoms with Crippen molar-refractivity contribution in [3.63, 3.8) is 0 Å². The Bertz CT molecular complexity index is 623. The standard InChI is InChI=1S/C12H17BrN2O4S/c1-7(2)8-4-3-5-15(8)12(16)9-6-10(11(13)19-9)20(14,17)18/h6-8H,3-5H2,1-2H3,(H2,14,17,18). The molecule has 0 aliphatic carbocycles. The topological polar surface area (TPSA) is 93.6 Å². The van der Waals surface area contributed by atoms with Gasteiger partial charge < -0.3 is 9.32 Å². The Morgan fingerprint density at radius 2 is 2.20 bits per heavy atom. The molecule has 2 heterocycles. The SMILES string of the molecule is CC(C)C1CCCN1C(=O)c1cc(S(N)(=O)=O)c(Br)o1. The maximum absolute atomic E-state index is 12.4. The van der Waals surface area contributed by atoms with Gasteiger partial charge in [-0.2, -0.15) is 0 Å². The maximum Gasteiger partial charge on any atom is 0.289 e. The van der Waals surface area contributed by atoms with E-state index in [1.807, 2.05) is 0 Å². The molecule has 0 aromatic carbocycles. The van der Waals surface area contributed by atoms with E-state index >= 15 is 0 Å². The van der Waals surface area contributed by atoms with Gasteiger partial charge in [0, 0.05) is 18.7 Å². The average molecular weight is 365 g/mol. The second-order valence-electron chi connectivity index (χ2n) is 5.25. The van der Waals surface area contributed by atoms with Crippen molar-refractivity contribution in [1.29, 1.82) is 0 Å². The lowest BCUT2D eigenvalue weighted by molar-refractivity contribution is 0.0668. The van der Waals surface area contributed by atoms with E-state index in [0.29, 0.717) is 12.5 Å². The maximum atomic E-state index is 12.4. The summed E-state index contributed by atoms with van der Waals surface area (Å²) in [6, 6.07) is 1.33. The first-order valence-electron chi connectivity index (χ1n) is 6.35. The van der Waals surface area contributed by atoms with Crippen LogP contribution < -0.4 is 5.14 Å². The van der Waals surface area contributed by atoms with Crippen LogP contribution in [-0.2, 0) is 10.0 Å². The zero-order chi connectivity index (χ0) is 15.1. The lowest BCUT2D eigenvalue weighted by atomic mass is 10.0. The van der Waals surface area contributed by atoms with Crippen LogP contribution in [0.25, 0.3) is 0 Å². The summed E-state index contributed by atoms with van der Waals surface area (Å²) >= 11 is 2.98. The zero-order valence-electron chi connectivity index (χ0n) is 11.3.